The third kappa shape index (κ3) is 7.31. The van der Waals surface area contributed by atoms with Gasteiger partial charge in [-0.25, -0.2) is 23.1 Å². The largest absolute Gasteiger partial charge is 0.416 e. The number of fused-ring (bicyclic) bond motifs is 1. The number of anilines is 3. The highest BCUT2D eigenvalue weighted by atomic mass is 19.4. The second kappa shape index (κ2) is 13.1. The van der Waals surface area contributed by atoms with E-state index in [9.17, 15) is 22.4 Å². The molecule has 2 amide bonds. The van der Waals surface area contributed by atoms with Crippen LogP contribution in [-0.4, -0.2) is 58.9 Å². The molecule has 0 aliphatic heterocycles. The molecule has 0 atom stereocenters. The summed E-state index contributed by atoms with van der Waals surface area (Å²) >= 11 is 0. The Kier molecular flexibility index (Phi) is 9.58. The first-order valence-electron chi connectivity index (χ1n) is 13.1. The molecular formula is C28H30F5N7O2. The number of carbonyl (C=O) groups is 1. The van der Waals surface area contributed by atoms with Gasteiger partial charge in [0.05, 0.1) is 23.5 Å². The molecule has 2 aromatic heterocycles. The van der Waals surface area contributed by atoms with Gasteiger partial charge in [0.15, 0.2) is 5.82 Å². The van der Waals surface area contributed by atoms with Gasteiger partial charge in [0.25, 0.3) is 0 Å². The molecule has 0 unspecified atom stereocenters. The van der Waals surface area contributed by atoms with Gasteiger partial charge in [0, 0.05) is 24.4 Å². The summed E-state index contributed by atoms with van der Waals surface area (Å²) in [5.74, 6) is -1.72. The first kappa shape index (κ1) is 30.7. The molecule has 2 aromatic carbocycles. The van der Waals surface area contributed by atoms with E-state index in [2.05, 4.69) is 20.3 Å². The van der Waals surface area contributed by atoms with Gasteiger partial charge in [-0.2, -0.15) is 18.3 Å². The van der Waals surface area contributed by atoms with Crippen LogP contribution in [0, 0.1) is 11.6 Å². The molecule has 0 bridgehead atoms. The standard InChI is InChI=1S/C28H30F5N7O2/c1-3-42-12-11-39(2)10-4-5-19-15-20(25-26(34)35-16-36-40(19)25)17-6-9-23(22(30)13-17)37-27(41)38-24-14-18(28(31,32)33)7-8-21(24)29/h6-9,13-16H,3-5,10-12H2,1-2H3,(H2,34,35,36)(H2,37,38,41). The van der Waals surface area contributed by atoms with Gasteiger partial charge < -0.3 is 26.0 Å². The Morgan fingerprint density at radius 3 is 2.52 bits per heavy atom. The molecule has 42 heavy (non-hydrogen) atoms. The van der Waals surface area contributed by atoms with Crippen LogP contribution in [0.25, 0.3) is 16.6 Å². The number of likely N-dealkylation sites (N-methyl/N-ethyl adjacent to an activating group) is 1. The summed E-state index contributed by atoms with van der Waals surface area (Å²) in [7, 11) is 2.01. The van der Waals surface area contributed by atoms with Crippen molar-refractivity contribution in [1.29, 1.82) is 0 Å². The normalized spacial score (nSPS) is 11.8. The molecule has 0 radical (unpaired) electrons. The monoisotopic (exact) mass is 591 g/mol. The zero-order valence-electron chi connectivity index (χ0n) is 22.9. The Labute approximate surface area is 238 Å². The first-order chi connectivity index (χ1) is 20.0. The topological polar surface area (TPSA) is 110 Å². The fraction of sp³-hybridized carbons (Fsp3) is 0.321. The minimum Gasteiger partial charge on any atom is -0.382 e. The molecule has 9 nitrogen and oxygen atoms in total. The Morgan fingerprint density at radius 2 is 1.81 bits per heavy atom. The number of ether oxygens (including phenoxy) is 1. The molecular weight excluding hydrogens is 561 g/mol. The zero-order chi connectivity index (χ0) is 30.4. The number of halogens is 5. The van der Waals surface area contributed by atoms with Crippen LogP contribution in [-0.2, 0) is 17.3 Å². The van der Waals surface area contributed by atoms with Crippen LogP contribution in [0.15, 0.2) is 48.8 Å². The molecule has 0 fully saturated rings. The lowest BCUT2D eigenvalue weighted by atomic mass is 10.1. The molecule has 4 N–H and O–H groups in total. The Balaban J connectivity index is 1.50. The highest BCUT2D eigenvalue weighted by molar-refractivity contribution is 6.00. The van der Waals surface area contributed by atoms with Crippen LogP contribution in [0.3, 0.4) is 0 Å². The van der Waals surface area contributed by atoms with E-state index in [1.54, 1.807) is 4.52 Å². The summed E-state index contributed by atoms with van der Waals surface area (Å²) in [6.45, 7) is 4.88. The van der Waals surface area contributed by atoms with Crippen LogP contribution >= 0.6 is 0 Å². The molecule has 0 aliphatic carbocycles. The van der Waals surface area contributed by atoms with Crippen molar-refractivity contribution in [1.82, 2.24) is 19.5 Å². The number of nitrogen functional groups attached to an aromatic ring is 1. The number of alkyl halides is 3. The van der Waals surface area contributed by atoms with Gasteiger partial charge in [-0.15, -0.1) is 0 Å². The SMILES string of the molecule is CCOCCN(C)CCCc1cc(-c2ccc(NC(=O)Nc3cc(C(F)(F)F)ccc3F)c(F)c2)c2c(N)ncnn12. The molecule has 2 heterocycles. The third-order valence-corrected chi connectivity index (χ3v) is 6.52. The molecule has 4 rings (SSSR count). The number of carbonyl (C=O) groups excluding carboxylic acids is 1. The van der Waals surface area contributed by atoms with Crippen LogP contribution in [0.1, 0.15) is 24.6 Å². The van der Waals surface area contributed by atoms with Gasteiger partial charge >= 0.3 is 12.2 Å². The number of amides is 2. The van der Waals surface area contributed by atoms with Gasteiger partial charge in [-0.3, -0.25) is 0 Å². The number of nitrogens with zero attached hydrogens (tertiary/aromatic N) is 4. The lowest BCUT2D eigenvalue weighted by Gasteiger charge is -2.16. The summed E-state index contributed by atoms with van der Waals surface area (Å²) in [6, 6.07) is 6.31. The fourth-order valence-corrected chi connectivity index (χ4v) is 4.40. The van der Waals surface area contributed by atoms with Gasteiger partial charge in [-0.1, -0.05) is 6.07 Å². The number of nitrogens with one attached hydrogen (secondary N) is 2. The summed E-state index contributed by atoms with van der Waals surface area (Å²) in [6.07, 6.45) is -1.93. The quantitative estimate of drug-likeness (QED) is 0.150. The molecule has 224 valence electrons. The number of aromatic nitrogens is 3. The van der Waals surface area contributed by atoms with E-state index in [0.29, 0.717) is 54.5 Å². The lowest BCUT2D eigenvalue weighted by Crippen LogP contribution is -2.24. The highest BCUT2D eigenvalue weighted by Crippen LogP contribution is 2.34. The van der Waals surface area contributed by atoms with E-state index >= 15 is 4.39 Å². The van der Waals surface area contributed by atoms with Gasteiger partial charge in [0.2, 0.25) is 0 Å². The maximum absolute atomic E-state index is 15.1. The second-order valence-corrected chi connectivity index (χ2v) is 9.52. The minimum atomic E-state index is -4.74. The van der Waals surface area contributed by atoms with Crippen molar-refractivity contribution in [3.8, 4) is 11.1 Å². The average molecular weight is 592 g/mol. The fourth-order valence-electron chi connectivity index (χ4n) is 4.40. The predicted molar refractivity (Wildman–Crippen MR) is 149 cm³/mol. The highest BCUT2D eigenvalue weighted by Gasteiger charge is 2.31. The summed E-state index contributed by atoms with van der Waals surface area (Å²) in [5.41, 5.74) is 6.38. The summed E-state index contributed by atoms with van der Waals surface area (Å²) < 4.78 is 75.1. The average Bonchev–Trinajstić information content (AvgIpc) is 3.30. The van der Waals surface area contributed by atoms with Crippen molar-refractivity contribution in [2.45, 2.75) is 25.9 Å². The zero-order valence-corrected chi connectivity index (χ0v) is 22.9. The van der Waals surface area contributed by atoms with Crippen LogP contribution in [0.4, 0.5) is 43.9 Å². The van der Waals surface area contributed by atoms with E-state index in [0.717, 1.165) is 25.2 Å². The van der Waals surface area contributed by atoms with Crippen molar-refractivity contribution in [3.05, 3.63) is 71.7 Å². The first-order valence-corrected chi connectivity index (χ1v) is 13.1. The van der Waals surface area contributed by atoms with Crippen molar-refractivity contribution >= 4 is 28.7 Å². The van der Waals surface area contributed by atoms with Crippen molar-refractivity contribution in [3.63, 3.8) is 0 Å². The maximum Gasteiger partial charge on any atom is 0.416 e. The maximum atomic E-state index is 15.1. The Morgan fingerprint density at radius 1 is 1.05 bits per heavy atom. The van der Waals surface area contributed by atoms with E-state index in [-0.39, 0.29) is 11.5 Å². The third-order valence-electron chi connectivity index (χ3n) is 6.52. The summed E-state index contributed by atoms with van der Waals surface area (Å²) in [5, 5.41) is 8.50. The van der Waals surface area contributed by atoms with Crippen molar-refractivity contribution in [2.75, 3.05) is 49.7 Å². The number of hydrogen-bond donors (Lipinski definition) is 3. The van der Waals surface area contributed by atoms with Crippen molar-refractivity contribution < 1.29 is 31.5 Å². The van der Waals surface area contributed by atoms with E-state index in [1.807, 2.05) is 25.4 Å². The summed E-state index contributed by atoms with van der Waals surface area (Å²) in [4.78, 5) is 18.6. The second-order valence-electron chi connectivity index (χ2n) is 9.52. The smallest absolute Gasteiger partial charge is 0.382 e. The molecule has 0 saturated heterocycles. The Hall–Kier alpha value is -4.30. The van der Waals surface area contributed by atoms with Gasteiger partial charge in [0.1, 0.15) is 23.5 Å². The number of urea groups is 1. The van der Waals surface area contributed by atoms with Crippen molar-refractivity contribution in [2.24, 2.45) is 0 Å². The molecule has 0 saturated carbocycles. The Bertz CT molecular complexity index is 1560. The number of nitrogens with two attached hydrogens (primary N) is 1. The number of rotatable bonds is 11. The molecule has 0 spiro atoms. The number of benzene rings is 2. The number of hydrogen-bond acceptors (Lipinski definition) is 6. The van der Waals surface area contributed by atoms with E-state index in [4.69, 9.17) is 10.5 Å². The molecule has 0 aliphatic rings. The molecule has 14 heteroatoms. The number of aryl methyl sites for hydroxylation is 1. The predicted octanol–water partition coefficient (Wildman–Crippen LogP) is 5.82. The lowest BCUT2D eigenvalue weighted by molar-refractivity contribution is -0.137. The van der Waals surface area contributed by atoms with Crippen LogP contribution in [0.5, 0.6) is 0 Å². The van der Waals surface area contributed by atoms with E-state index < -0.39 is 35.1 Å². The minimum absolute atomic E-state index is 0.199. The van der Waals surface area contributed by atoms with Gasteiger partial charge in [-0.05, 0) is 75.3 Å². The van der Waals surface area contributed by atoms with E-state index in [1.165, 1.54) is 24.5 Å². The van der Waals surface area contributed by atoms with Crippen LogP contribution < -0.4 is 16.4 Å². The van der Waals surface area contributed by atoms with Crippen LogP contribution in [0.2, 0.25) is 0 Å². The molecule has 4 aromatic rings.